The first-order valence-electron chi connectivity index (χ1n) is 7.29. The lowest BCUT2D eigenvalue weighted by atomic mass is 10.2. The number of methoxy groups -OCH3 is 2. The van der Waals surface area contributed by atoms with Crippen LogP contribution in [-0.4, -0.2) is 26.0 Å². The largest absolute Gasteiger partial charge is 0.497 e. The van der Waals surface area contributed by atoms with Crippen molar-refractivity contribution in [3.05, 3.63) is 63.2 Å². The second kappa shape index (κ2) is 9.07. The summed E-state index contributed by atoms with van der Waals surface area (Å²) in [5, 5.41) is 0. The van der Waals surface area contributed by atoms with Gasteiger partial charge in [-0.1, -0.05) is 12.1 Å². The van der Waals surface area contributed by atoms with Crippen LogP contribution in [0.15, 0.2) is 48.5 Å². The van der Waals surface area contributed by atoms with E-state index >= 15 is 0 Å². The molecule has 0 fully saturated rings. The summed E-state index contributed by atoms with van der Waals surface area (Å²) in [4.78, 5) is 23.8. The molecule has 0 spiro atoms. The van der Waals surface area contributed by atoms with Crippen LogP contribution in [-0.2, 0) is 4.79 Å². The lowest BCUT2D eigenvalue weighted by Gasteiger charge is -2.08. The van der Waals surface area contributed by atoms with Crippen molar-refractivity contribution < 1.29 is 19.1 Å². The van der Waals surface area contributed by atoms with Crippen molar-refractivity contribution in [2.45, 2.75) is 0 Å². The van der Waals surface area contributed by atoms with Gasteiger partial charge in [0.2, 0.25) is 0 Å². The number of ether oxygens (including phenoxy) is 2. The third-order valence-electron chi connectivity index (χ3n) is 3.26. The fraction of sp³-hybridized carbons (Fsp3) is 0.111. The molecule has 0 aliphatic heterocycles. The Morgan fingerprint density at radius 2 is 1.72 bits per heavy atom. The molecule has 2 amide bonds. The fourth-order valence-corrected chi connectivity index (χ4v) is 2.66. The number of benzene rings is 2. The second-order valence-corrected chi connectivity index (χ2v) is 6.06. The third kappa shape index (κ3) is 5.49. The van der Waals surface area contributed by atoms with Crippen molar-refractivity contribution in [2.24, 2.45) is 0 Å². The molecule has 6 nitrogen and oxygen atoms in total. The minimum Gasteiger partial charge on any atom is -0.497 e. The SMILES string of the molecule is COc1ccc(C=CC(=O)NNC(=O)c2ccc(OC)c(I)c2)cc1. The maximum atomic E-state index is 12.0. The highest BCUT2D eigenvalue weighted by molar-refractivity contribution is 14.1. The minimum atomic E-state index is -0.438. The average Bonchev–Trinajstić information content (AvgIpc) is 2.64. The Morgan fingerprint density at radius 3 is 2.32 bits per heavy atom. The number of carbonyl (C=O) groups excluding carboxylic acids is 2. The summed E-state index contributed by atoms with van der Waals surface area (Å²) in [5.74, 6) is 0.575. The Kier molecular flexibility index (Phi) is 6.81. The summed E-state index contributed by atoms with van der Waals surface area (Å²) in [5.41, 5.74) is 5.96. The summed E-state index contributed by atoms with van der Waals surface area (Å²) in [7, 11) is 3.15. The molecule has 0 heterocycles. The first kappa shape index (κ1) is 18.8. The summed E-state index contributed by atoms with van der Waals surface area (Å²) >= 11 is 2.07. The van der Waals surface area contributed by atoms with Crippen LogP contribution in [0.5, 0.6) is 11.5 Å². The molecule has 0 aliphatic rings. The van der Waals surface area contributed by atoms with E-state index in [1.165, 1.54) is 6.08 Å². The maximum absolute atomic E-state index is 12.0. The lowest BCUT2D eigenvalue weighted by molar-refractivity contribution is -0.117. The first-order valence-corrected chi connectivity index (χ1v) is 8.37. The van der Waals surface area contributed by atoms with Crippen molar-refractivity contribution in [3.8, 4) is 11.5 Å². The molecule has 0 saturated carbocycles. The Balaban J connectivity index is 1.89. The monoisotopic (exact) mass is 452 g/mol. The van der Waals surface area contributed by atoms with E-state index < -0.39 is 11.8 Å². The number of hydrogen-bond donors (Lipinski definition) is 2. The van der Waals surface area contributed by atoms with Gasteiger partial charge in [0.15, 0.2) is 0 Å². The lowest BCUT2D eigenvalue weighted by Crippen LogP contribution is -2.40. The minimum absolute atomic E-state index is 0.410. The zero-order valence-corrected chi connectivity index (χ0v) is 15.9. The number of nitrogens with one attached hydrogen (secondary N) is 2. The van der Waals surface area contributed by atoms with Crippen LogP contribution in [0.25, 0.3) is 6.08 Å². The van der Waals surface area contributed by atoms with Crippen LogP contribution in [0.2, 0.25) is 0 Å². The molecule has 0 aromatic heterocycles. The van der Waals surface area contributed by atoms with Crippen LogP contribution in [0.3, 0.4) is 0 Å². The molecule has 2 N–H and O–H groups in total. The Labute approximate surface area is 159 Å². The van der Waals surface area contributed by atoms with Gasteiger partial charge in [-0.05, 0) is 64.6 Å². The van der Waals surface area contributed by atoms with Gasteiger partial charge < -0.3 is 9.47 Å². The number of halogens is 1. The third-order valence-corrected chi connectivity index (χ3v) is 4.10. The van der Waals surface area contributed by atoms with Crippen LogP contribution in [0.4, 0.5) is 0 Å². The van der Waals surface area contributed by atoms with E-state index in [9.17, 15) is 9.59 Å². The van der Waals surface area contributed by atoms with Gasteiger partial charge in [0.05, 0.1) is 17.8 Å². The second-order valence-electron chi connectivity index (χ2n) is 4.90. The van der Waals surface area contributed by atoms with Crippen molar-refractivity contribution in [1.82, 2.24) is 10.9 Å². The van der Waals surface area contributed by atoms with Gasteiger partial charge in [0.25, 0.3) is 11.8 Å². The summed E-state index contributed by atoms with van der Waals surface area (Å²) < 4.78 is 11.0. The van der Waals surface area contributed by atoms with Crippen LogP contribution in [0, 0.1) is 3.57 Å². The number of hydrazine groups is 1. The Morgan fingerprint density at radius 1 is 1.00 bits per heavy atom. The molecule has 0 atom stereocenters. The van der Waals surface area contributed by atoms with Gasteiger partial charge in [-0.3, -0.25) is 20.4 Å². The highest BCUT2D eigenvalue weighted by Crippen LogP contribution is 2.21. The van der Waals surface area contributed by atoms with Crippen molar-refractivity contribution in [1.29, 1.82) is 0 Å². The van der Waals surface area contributed by atoms with Gasteiger partial charge in [-0.2, -0.15) is 0 Å². The van der Waals surface area contributed by atoms with Crippen LogP contribution >= 0.6 is 22.6 Å². The van der Waals surface area contributed by atoms with Crippen molar-refractivity contribution in [2.75, 3.05) is 14.2 Å². The average molecular weight is 452 g/mol. The van der Waals surface area contributed by atoms with Crippen LogP contribution < -0.4 is 20.3 Å². The smallest absolute Gasteiger partial charge is 0.269 e. The molecule has 0 bridgehead atoms. The number of amides is 2. The predicted molar refractivity (Wildman–Crippen MR) is 103 cm³/mol. The molecule has 2 aromatic rings. The van der Waals surface area contributed by atoms with Gasteiger partial charge in [0.1, 0.15) is 11.5 Å². The number of carbonyl (C=O) groups is 2. The maximum Gasteiger partial charge on any atom is 0.269 e. The summed E-state index contributed by atoms with van der Waals surface area (Å²) in [6.07, 6.45) is 2.97. The molecule has 2 aromatic carbocycles. The Hall–Kier alpha value is -2.55. The normalized spacial score (nSPS) is 10.4. The highest BCUT2D eigenvalue weighted by atomic mass is 127. The Bertz CT molecular complexity index is 788. The zero-order valence-electron chi connectivity index (χ0n) is 13.7. The predicted octanol–water partition coefficient (Wildman–Crippen LogP) is 2.78. The first-order chi connectivity index (χ1) is 12.0. The van der Waals surface area contributed by atoms with Crippen LogP contribution in [0.1, 0.15) is 15.9 Å². The molecule has 0 radical (unpaired) electrons. The molecular weight excluding hydrogens is 435 g/mol. The van der Waals surface area contributed by atoms with Gasteiger partial charge in [-0.15, -0.1) is 0 Å². The van der Waals surface area contributed by atoms with E-state index in [0.717, 1.165) is 14.9 Å². The molecule has 0 saturated heterocycles. The summed E-state index contributed by atoms with van der Waals surface area (Å²) in [6, 6.07) is 12.2. The van der Waals surface area contributed by atoms with Crippen molar-refractivity contribution in [3.63, 3.8) is 0 Å². The van der Waals surface area contributed by atoms with E-state index in [1.807, 2.05) is 12.1 Å². The molecule has 0 unspecified atom stereocenters. The quantitative estimate of drug-likeness (QED) is 0.416. The molecule has 130 valence electrons. The number of hydrogen-bond acceptors (Lipinski definition) is 4. The molecular formula is C18H17IN2O4. The van der Waals surface area contributed by atoms with Gasteiger partial charge in [0, 0.05) is 11.6 Å². The fourth-order valence-electron chi connectivity index (χ4n) is 1.93. The molecule has 2 rings (SSSR count). The number of rotatable bonds is 5. The van der Waals surface area contributed by atoms with E-state index in [1.54, 1.807) is 50.6 Å². The molecule has 25 heavy (non-hydrogen) atoms. The van der Waals surface area contributed by atoms with E-state index in [0.29, 0.717) is 11.3 Å². The van der Waals surface area contributed by atoms with E-state index in [-0.39, 0.29) is 0 Å². The van der Waals surface area contributed by atoms with E-state index in [4.69, 9.17) is 9.47 Å². The molecule has 7 heteroatoms. The van der Waals surface area contributed by atoms with Gasteiger partial charge >= 0.3 is 0 Å². The van der Waals surface area contributed by atoms with E-state index in [2.05, 4.69) is 33.4 Å². The molecule has 0 aliphatic carbocycles. The highest BCUT2D eigenvalue weighted by Gasteiger charge is 2.09. The van der Waals surface area contributed by atoms with Crippen molar-refractivity contribution >= 4 is 40.5 Å². The topological polar surface area (TPSA) is 76.7 Å². The zero-order chi connectivity index (χ0) is 18.2. The standard InChI is InChI=1S/C18H17IN2O4/c1-24-14-7-3-12(4-8-14)5-10-17(22)20-21-18(23)13-6-9-16(25-2)15(19)11-13/h3-11H,1-2H3,(H,20,22)(H,21,23). The van der Waals surface area contributed by atoms with Gasteiger partial charge in [-0.25, -0.2) is 0 Å². The summed E-state index contributed by atoms with van der Waals surface area (Å²) in [6.45, 7) is 0.